The minimum atomic E-state index is -0.772. The molecule has 0 atom stereocenters. The van der Waals surface area contributed by atoms with Crippen molar-refractivity contribution in [3.63, 3.8) is 0 Å². The third-order valence-corrected chi connectivity index (χ3v) is 6.09. The molecule has 1 aliphatic heterocycles. The zero-order valence-electron chi connectivity index (χ0n) is 20.2. The van der Waals surface area contributed by atoms with E-state index < -0.39 is 17.6 Å². The van der Waals surface area contributed by atoms with Crippen molar-refractivity contribution in [3.8, 4) is 5.75 Å². The number of likely N-dealkylation sites (N-methyl/N-ethyl adjacent to an activating group) is 1. The van der Waals surface area contributed by atoms with Gasteiger partial charge in [0.05, 0.1) is 35.8 Å². The van der Waals surface area contributed by atoms with Gasteiger partial charge in [0.15, 0.2) is 0 Å². The van der Waals surface area contributed by atoms with E-state index in [0.29, 0.717) is 28.9 Å². The van der Waals surface area contributed by atoms with Gasteiger partial charge in [0.1, 0.15) is 22.9 Å². The van der Waals surface area contributed by atoms with Gasteiger partial charge in [-0.15, -0.1) is 0 Å². The summed E-state index contributed by atoms with van der Waals surface area (Å²) in [6.07, 6.45) is 1.40. The Morgan fingerprint density at radius 2 is 1.83 bits per heavy atom. The number of fused-ring (bicyclic) bond motifs is 1. The van der Waals surface area contributed by atoms with Gasteiger partial charge in [-0.3, -0.25) is 4.98 Å². The maximum absolute atomic E-state index is 14.6. The molecule has 1 saturated heterocycles. The Morgan fingerprint density at radius 3 is 2.49 bits per heavy atom. The van der Waals surface area contributed by atoms with E-state index in [9.17, 15) is 13.6 Å². The zero-order chi connectivity index (χ0) is 24.9. The molecule has 0 radical (unpaired) electrons. The van der Waals surface area contributed by atoms with Crippen molar-refractivity contribution in [2.45, 2.75) is 20.8 Å². The molecule has 0 amide bonds. The molecule has 0 spiro atoms. The third kappa shape index (κ3) is 5.30. The van der Waals surface area contributed by atoms with Crippen LogP contribution in [0.1, 0.15) is 31.1 Å². The summed E-state index contributed by atoms with van der Waals surface area (Å²) >= 11 is 0. The second-order valence-corrected chi connectivity index (χ2v) is 8.21. The predicted octanol–water partition coefficient (Wildman–Crippen LogP) is 4.97. The van der Waals surface area contributed by atoms with Crippen LogP contribution in [0.2, 0.25) is 0 Å². The van der Waals surface area contributed by atoms with Gasteiger partial charge in [0, 0.05) is 49.9 Å². The van der Waals surface area contributed by atoms with Crippen molar-refractivity contribution >= 4 is 33.9 Å². The SMILES string of the molecule is CCOC(=O)c1cnc2cc(OCC)c(N3CCN(CC)CC3)cc2c1Nc1ccc(F)cc1F. The summed E-state index contributed by atoms with van der Waals surface area (Å²) in [7, 11) is 0. The number of rotatable bonds is 8. The molecule has 2 aromatic carbocycles. The number of nitrogens with one attached hydrogen (secondary N) is 1. The first-order chi connectivity index (χ1) is 16.9. The van der Waals surface area contributed by atoms with E-state index in [1.54, 1.807) is 6.92 Å². The molecule has 4 rings (SSSR count). The van der Waals surface area contributed by atoms with Crippen LogP contribution in [0.15, 0.2) is 36.5 Å². The van der Waals surface area contributed by atoms with Crippen LogP contribution in [-0.4, -0.2) is 61.8 Å². The lowest BCUT2D eigenvalue weighted by atomic mass is 10.1. The number of hydrogen-bond acceptors (Lipinski definition) is 7. The maximum Gasteiger partial charge on any atom is 0.341 e. The van der Waals surface area contributed by atoms with Crippen LogP contribution < -0.4 is 15.0 Å². The molecule has 1 aliphatic rings. The van der Waals surface area contributed by atoms with Crippen molar-refractivity contribution < 1.29 is 23.0 Å². The topological polar surface area (TPSA) is 66.9 Å². The average Bonchev–Trinajstić information content (AvgIpc) is 2.85. The molecule has 186 valence electrons. The fourth-order valence-electron chi connectivity index (χ4n) is 4.26. The summed E-state index contributed by atoms with van der Waals surface area (Å²) in [5.41, 5.74) is 1.99. The van der Waals surface area contributed by atoms with Crippen molar-refractivity contribution in [2.24, 2.45) is 0 Å². The molecule has 1 fully saturated rings. The number of anilines is 3. The van der Waals surface area contributed by atoms with Gasteiger partial charge in [-0.05, 0) is 38.6 Å². The van der Waals surface area contributed by atoms with E-state index in [1.165, 1.54) is 12.3 Å². The van der Waals surface area contributed by atoms with Crippen LogP contribution in [0.3, 0.4) is 0 Å². The predicted molar refractivity (Wildman–Crippen MR) is 133 cm³/mol. The maximum atomic E-state index is 14.6. The summed E-state index contributed by atoms with van der Waals surface area (Å²) in [5, 5.41) is 3.61. The van der Waals surface area contributed by atoms with Gasteiger partial charge in [-0.25, -0.2) is 13.6 Å². The van der Waals surface area contributed by atoms with Crippen LogP contribution in [0.25, 0.3) is 10.9 Å². The van der Waals surface area contributed by atoms with Crippen molar-refractivity contribution in [3.05, 3.63) is 53.7 Å². The van der Waals surface area contributed by atoms with Crippen molar-refractivity contribution in [1.82, 2.24) is 9.88 Å². The van der Waals surface area contributed by atoms with E-state index >= 15 is 0 Å². The van der Waals surface area contributed by atoms with Crippen molar-refractivity contribution in [1.29, 1.82) is 0 Å². The molecule has 3 aromatic rings. The summed E-state index contributed by atoms with van der Waals surface area (Å²) in [5.74, 6) is -1.35. The molecular weight excluding hydrogens is 454 g/mol. The molecule has 9 heteroatoms. The largest absolute Gasteiger partial charge is 0.492 e. The average molecular weight is 485 g/mol. The van der Waals surface area contributed by atoms with Gasteiger partial charge in [-0.2, -0.15) is 0 Å². The molecule has 1 N–H and O–H groups in total. The number of pyridine rings is 1. The van der Waals surface area contributed by atoms with Crippen molar-refractivity contribution in [2.75, 3.05) is 56.2 Å². The molecule has 0 aliphatic carbocycles. The van der Waals surface area contributed by atoms with Gasteiger partial charge in [-0.1, -0.05) is 6.92 Å². The Labute approximate surface area is 203 Å². The Balaban J connectivity index is 1.87. The number of carbonyl (C=O) groups is 1. The van der Waals surface area contributed by atoms with Crippen LogP contribution in [0.5, 0.6) is 5.75 Å². The summed E-state index contributed by atoms with van der Waals surface area (Å²) in [6.45, 7) is 10.9. The Kier molecular flexibility index (Phi) is 7.65. The molecule has 1 aromatic heterocycles. The number of ether oxygens (including phenoxy) is 2. The number of halogens is 2. The molecule has 0 unspecified atom stereocenters. The van der Waals surface area contributed by atoms with Gasteiger partial charge >= 0.3 is 5.97 Å². The van der Waals surface area contributed by atoms with E-state index in [0.717, 1.165) is 50.5 Å². The molecule has 0 saturated carbocycles. The standard InChI is InChI=1S/C26H30F2N4O3/c1-4-31-9-11-32(12-10-31)23-14-18-22(15-24(23)34-5-2)29-16-19(26(33)35-6-3)25(18)30-21-8-7-17(27)13-20(21)28/h7-8,13-16H,4-6,9-12H2,1-3H3,(H,29,30). The minimum absolute atomic E-state index is 0.0384. The number of hydrogen-bond donors (Lipinski definition) is 1. The fraction of sp³-hybridized carbons (Fsp3) is 0.385. The second-order valence-electron chi connectivity index (χ2n) is 8.21. The lowest BCUT2D eigenvalue weighted by Crippen LogP contribution is -2.46. The number of aromatic nitrogens is 1. The summed E-state index contributed by atoms with van der Waals surface area (Å²) in [6, 6.07) is 7.00. The first kappa shape index (κ1) is 24.7. The van der Waals surface area contributed by atoms with Gasteiger partial charge in [0.2, 0.25) is 0 Å². The van der Waals surface area contributed by atoms with Crippen LogP contribution in [-0.2, 0) is 4.74 Å². The number of esters is 1. The van der Waals surface area contributed by atoms with E-state index in [2.05, 4.69) is 27.0 Å². The lowest BCUT2D eigenvalue weighted by Gasteiger charge is -2.36. The van der Waals surface area contributed by atoms with Crippen LogP contribution in [0.4, 0.5) is 25.8 Å². The fourth-order valence-corrected chi connectivity index (χ4v) is 4.26. The smallest absolute Gasteiger partial charge is 0.341 e. The van der Waals surface area contributed by atoms with Gasteiger partial charge in [0.25, 0.3) is 0 Å². The van der Waals surface area contributed by atoms with E-state index in [4.69, 9.17) is 9.47 Å². The molecule has 7 nitrogen and oxygen atoms in total. The number of piperazine rings is 1. The molecule has 2 heterocycles. The normalized spacial score (nSPS) is 14.3. The molecule has 35 heavy (non-hydrogen) atoms. The number of carbonyl (C=O) groups excluding carboxylic acids is 1. The van der Waals surface area contributed by atoms with Gasteiger partial charge < -0.3 is 24.6 Å². The minimum Gasteiger partial charge on any atom is -0.492 e. The summed E-state index contributed by atoms with van der Waals surface area (Å²) in [4.78, 5) is 21.9. The van der Waals surface area contributed by atoms with Crippen LogP contribution >= 0.6 is 0 Å². The monoisotopic (exact) mass is 484 g/mol. The summed E-state index contributed by atoms with van der Waals surface area (Å²) < 4.78 is 39.2. The quantitative estimate of drug-likeness (QED) is 0.453. The molecular formula is C26H30F2N4O3. The third-order valence-electron chi connectivity index (χ3n) is 6.09. The Morgan fingerprint density at radius 1 is 1.06 bits per heavy atom. The number of benzene rings is 2. The highest BCUT2D eigenvalue weighted by Crippen LogP contribution is 2.39. The van der Waals surface area contributed by atoms with E-state index in [-0.39, 0.29) is 17.9 Å². The highest BCUT2D eigenvalue weighted by atomic mass is 19.1. The first-order valence-corrected chi connectivity index (χ1v) is 11.9. The highest BCUT2D eigenvalue weighted by Gasteiger charge is 2.23. The zero-order valence-corrected chi connectivity index (χ0v) is 20.2. The Bertz CT molecular complexity index is 1210. The van der Waals surface area contributed by atoms with Crippen LogP contribution in [0, 0.1) is 11.6 Å². The van der Waals surface area contributed by atoms with E-state index in [1.807, 2.05) is 19.1 Å². The highest BCUT2D eigenvalue weighted by molar-refractivity contribution is 6.07. The Hall–Kier alpha value is -3.46. The second kappa shape index (κ2) is 10.9. The lowest BCUT2D eigenvalue weighted by molar-refractivity contribution is 0.0527. The first-order valence-electron chi connectivity index (χ1n) is 11.9. The molecule has 0 bridgehead atoms. The number of nitrogens with zero attached hydrogens (tertiary/aromatic N) is 3.